The van der Waals surface area contributed by atoms with Crippen LogP contribution in [0.5, 0.6) is 0 Å². The van der Waals surface area contributed by atoms with Gasteiger partial charge in [-0.3, -0.25) is 9.59 Å². The first-order valence-electron chi connectivity index (χ1n) is 6.54. The van der Waals surface area contributed by atoms with Crippen LogP contribution in [0, 0.1) is 0 Å². The minimum Gasteiger partial charge on any atom is -0.465 e. The largest absolute Gasteiger partial charge is 0.465 e. The zero-order valence-electron chi connectivity index (χ0n) is 11.8. The fourth-order valence-corrected chi connectivity index (χ4v) is 1.48. The molecule has 0 spiro atoms. The molecule has 0 aromatic heterocycles. The monoisotopic (exact) mass is 280 g/mol. The van der Waals surface area contributed by atoms with E-state index in [0.717, 1.165) is 11.4 Å². The first kappa shape index (κ1) is 15.8. The fourth-order valence-electron chi connectivity index (χ4n) is 1.48. The molecular weight excluding hydrogens is 260 g/mol. The minimum atomic E-state index is -0.294. The summed E-state index contributed by atoms with van der Waals surface area (Å²) in [5.74, 6) is -0.589. The number of hydrogen-bond acceptors (Lipinski definition) is 6. The van der Waals surface area contributed by atoms with E-state index in [4.69, 9.17) is 9.47 Å². The Morgan fingerprint density at radius 1 is 0.850 bits per heavy atom. The van der Waals surface area contributed by atoms with Gasteiger partial charge in [-0.2, -0.15) is 0 Å². The predicted octanol–water partition coefficient (Wildman–Crippen LogP) is 1.64. The van der Waals surface area contributed by atoms with Crippen LogP contribution in [-0.2, 0) is 19.1 Å². The van der Waals surface area contributed by atoms with Crippen molar-refractivity contribution in [2.45, 2.75) is 13.8 Å². The van der Waals surface area contributed by atoms with Gasteiger partial charge in [0.25, 0.3) is 0 Å². The van der Waals surface area contributed by atoms with Crippen LogP contribution in [0.1, 0.15) is 13.8 Å². The number of nitrogens with one attached hydrogen (secondary N) is 2. The van der Waals surface area contributed by atoms with Crippen LogP contribution in [-0.4, -0.2) is 38.2 Å². The van der Waals surface area contributed by atoms with E-state index in [0.29, 0.717) is 13.2 Å². The SMILES string of the molecule is CCOC(=O)CNc1ccc(NCC(=O)OCC)cc1. The highest BCUT2D eigenvalue weighted by Gasteiger charge is 2.02. The molecule has 6 nitrogen and oxygen atoms in total. The molecule has 20 heavy (non-hydrogen) atoms. The zero-order chi connectivity index (χ0) is 14.8. The smallest absolute Gasteiger partial charge is 0.325 e. The average molecular weight is 280 g/mol. The van der Waals surface area contributed by atoms with Crippen LogP contribution in [0.4, 0.5) is 11.4 Å². The van der Waals surface area contributed by atoms with Crippen molar-refractivity contribution in [3.8, 4) is 0 Å². The van der Waals surface area contributed by atoms with Gasteiger partial charge in [-0.15, -0.1) is 0 Å². The molecular formula is C14H20N2O4. The summed E-state index contributed by atoms with van der Waals surface area (Å²) in [5, 5.41) is 5.90. The molecule has 0 aliphatic rings. The third-order valence-electron chi connectivity index (χ3n) is 2.37. The Hall–Kier alpha value is -2.24. The van der Waals surface area contributed by atoms with Gasteiger partial charge < -0.3 is 20.1 Å². The van der Waals surface area contributed by atoms with Crippen LogP contribution in [0.25, 0.3) is 0 Å². The van der Waals surface area contributed by atoms with E-state index in [1.807, 2.05) is 24.3 Å². The average Bonchev–Trinajstić information content (AvgIpc) is 2.45. The Morgan fingerprint density at radius 3 is 1.50 bits per heavy atom. The third-order valence-corrected chi connectivity index (χ3v) is 2.37. The summed E-state index contributed by atoms with van der Waals surface area (Å²) < 4.78 is 9.62. The molecule has 6 heteroatoms. The molecule has 2 N–H and O–H groups in total. The van der Waals surface area contributed by atoms with Gasteiger partial charge in [0.05, 0.1) is 13.2 Å². The predicted molar refractivity (Wildman–Crippen MR) is 76.7 cm³/mol. The first-order chi connectivity index (χ1) is 9.65. The van der Waals surface area contributed by atoms with E-state index in [1.54, 1.807) is 13.8 Å². The molecule has 0 unspecified atom stereocenters. The highest BCUT2D eigenvalue weighted by molar-refractivity contribution is 5.76. The number of carbonyl (C=O) groups excluding carboxylic acids is 2. The molecule has 0 saturated heterocycles. The number of ether oxygens (including phenoxy) is 2. The lowest BCUT2D eigenvalue weighted by Crippen LogP contribution is -2.17. The zero-order valence-corrected chi connectivity index (χ0v) is 11.8. The summed E-state index contributed by atoms with van der Waals surface area (Å²) in [6, 6.07) is 7.25. The highest BCUT2D eigenvalue weighted by atomic mass is 16.5. The van der Waals surface area contributed by atoms with Crippen molar-refractivity contribution in [1.29, 1.82) is 0 Å². The van der Waals surface area contributed by atoms with Crippen LogP contribution in [0.3, 0.4) is 0 Å². The summed E-state index contributed by atoms with van der Waals surface area (Å²) in [6.45, 7) is 4.53. The molecule has 1 aromatic rings. The van der Waals surface area contributed by atoms with E-state index >= 15 is 0 Å². The van der Waals surface area contributed by atoms with Crippen LogP contribution >= 0.6 is 0 Å². The van der Waals surface area contributed by atoms with Crippen molar-refractivity contribution < 1.29 is 19.1 Å². The van der Waals surface area contributed by atoms with Crippen molar-refractivity contribution >= 4 is 23.3 Å². The molecule has 110 valence electrons. The fraction of sp³-hybridized carbons (Fsp3) is 0.429. The third kappa shape index (κ3) is 6.08. The summed E-state index contributed by atoms with van der Waals surface area (Å²) >= 11 is 0. The summed E-state index contributed by atoms with van der Waals surface area (Å²) in [6.07, 6.45) is 0. The van der Waals surface area contributed by atoms with Crippen molar-refractivity contribution in [1.82, 2.24) is 0 Å². The quantitative estimate of drug-likeness (QED) is 0.705. The lowest BCUT2D eigenvalue weighted by molar-refractivity contribution is -0.141. The molecule has 0 bridgehead atoms. The molecule has 0 aliphatic heterocycles. The molecule has 0 aliphatic carbocycles. The maximum absolute atomic E-state index is 11.2. The molecule has 0 heterocycles. The van der Waals surface area contributed by atoms with E-state index in [-0.39, 0.29) is 25.0 Å². The topological polar surface area (TPSA) is 76.7 Å². The van der Waals surface area contributed by atoms with Crippen LogP contribution in [0.15, 0.2) is 24.3 Å². The van der Waals surface area contributed by atoms with Crippen molar-refractivity contribution in [2.75, 3.05) is 36.9 Å². The number of esters is 2. The van der Waals surface area contributed by atoms with Gasteiger partial charge in [-0.25, -0.2) is 0 Å². The Kier molecular flexibility index (Phi) is 6.95. The Labute approximate surface area is 118 Å². The summed E-state index contributed by atoms with van der Waals surface area (Å²) in [4.78, 5) is 22.3. The lowest BCUT2D eigenvalue weighted by atomic mass is 10.2. The van der Waals surface area contributed by atoms with Gasteiger partial charge in [0.2, 0.25) is 0 Å². The minimum absolute atomic E-state index is 0.128. The maximum Gasteiger partial charge on any atom is 0.325 e. The van der Waals surface area contributed by atoms with E-state index in [9.17, 15) is 9.59 Å². The van der Waals surface area contributed by atoms with Crippen LogP contribution in [0.2, 0.25) is 0 Å². The maximum atomic E-state index is 11.2. The van der Waals surface area contributed by atoms with E-state index < -0.39 is 0 Å². The number of rotatable bonds is 8. The second-order valence-corrected chi connectivity index (χ2v) is 3.89. The lowest BCUT2D eigenvalue weighted by Gasteiger charge is -2.08. The Balaban J connectivity index is 2.36. The molecule has 1 rings (SSSR count). The molecule has 0 amide bonds. The Bertz CT molecular complexity index is 390. The van der Waals surface area contributed by atoms with Crippen LogP contribution < -0.4 is 10.6 Å². The van der Waals surface area contributed by atoms with Gasteiger partial charge >= 0.3 is 11.9 Å². The number of carbonyl (C=O) groups is 2. The molecule has 0 fully saturated rings. The normalized spacial score (nSPS) is 9.70. The van der Waals surface area contributed by atoms with Gasteiger partial charge in [0.15, 0.2) is 0 Å². The highest BCUT2D eigenvalue weighted by Crippen LogP contribution is 2.13. The molecule has 0 saturated carbocycles. The second kappa shape index (κ2) is 8.79. The summed E-state index contributed by atoms with van der Waals surface area (Å²) in [7, 11) is 0. The van der Waals surface area contributed by atoms with E-state index in [2.05, 4.69) is 10.6 Å². The first-order valence-corrected chi connectivity index (χ1v) is 6.54. The van der Waals surface area contributed by atoms with Crippen molar-refractivity contribution in [3.63, 3.8) is 0 Å². The number of benzene rings is 1. The number of anilines is 2. The van der Waals surface area contributed by atoms with Gasteiger partial charge in [-0.1, -0.05) is 0 Å². The molecule has 0 atom stereocenters. The molecule has 1 aromatic carbocycles. The Morgan fingerprint density at radius 2 is 1.20 bits per heavy atom. The standard InChI is InChI=1S/C14H20N2O4/c1-3-19-13(17)9-15-11-5-7-12(8-6-11)16-10-14(18)20-4-2/h5-8,15-16H,3-4,9-10H2,1-2H3. The van der Waals surface area contributed by atoms with E-state index in [1.165, 1.54) is 0 Å². The molecule has 0 radical (unpaired) electrons. The second-order valence-electron chi connectivity index (χ2n) is 3.89. The van der Waals surface area contributed by atoms with Gasteiger partial charge in [-0.05, 0) is 38.1 Å². The van der Waals surface area contributed by atoms with Crippen molar-refractivity contribution in [3.05, 3.63) is 24.3 Å². The number of hydrogen-bond donors (Lipinski definition) is 2. The van der Waals surface area contributed by atoms with Gasteiger partial charge in [0, 0.05) is 11.4 Å². The van der Waals surface area contributed by atoms with Crippen molar-refractivity contribution in [2.24, 2.45) is 0 Å². The summed E-state index contributed by atoms with van der Waals surface area (Å²) in [5.41, 5.74) is 1.61. The van der Waals surface area contributed by atoms with Gasteiger partial charge in [0.1, 0.15) is 13.1 Å².